The predicted molar refractivity (Wildman–Crippen MR) is 75.7 cm³/mol. The van der Waals surface area contributed by atoms with Gasteiger partial charge in [0.25, 0.3) is 5.91 Å². The van der Waals surface area contributed by atoms with Crippen molar-refractivity contribution in [3.8, 4) is 0 Å². The summed E-state index contributed by atoms with van der Waals surface area (Å²) in [5, 5.41) is 8.51. The zero-order valence-corrected chi connectivity index (χ0v) is 11.4. The SMILES string of the molecule is CNC(=O)c1cccc(NC(=O)CC2CNCCO2)c1. The van der Waals surface area contributed by atoms with Gasteiger partial charge in [0.1, 0.15) is 0 Å². The average molecular weight is 277 g/mol. The Kier molecular flexibility index (Phi) is 5.09. The molecular weight excluding hydrogens is 258 g/mol. The molecule has 2 amide bonds. The first kappa shape index (κ1) is 14.5. The number of ether oxygens (including phenoxy) is 1. The molecule has 1 atom stereocenters. The number of anilines is 1. The number of benzene rings is 1. The number of rotatable bonds is 4. The minimum atomic E-state index is -0.180. The lowest BCUT2D eigenvalue weighted by molar-refractivity contribution is -0.119. The summed E-state index contributed by atoms with van der Waals surface area (Å²) in [5.41, 5.74) is 1.13. The molecule has 1 aliphatic heterocycles. The van der Waals surface area contributed by atoms with Crippen LogP contribution in [0.4, 0.5) is 5.69 Å². The van der Waals surface area contributed by atoms with E-state index in [1.54, 1.807) is 31.3 Å². The Morgan fingerprint density at radius 3 is 3.00 bits per heavy atom. The molecule has 0 aliphatic carbocycles. The molecule has 1 aliphatic rings. The van der Waals surface area contributed by atoms with E-state index >= 15 is 0 Å². The van der Waals surface area contributed by atoms with Crippen molar-refractivity contribution in [2.75, 3.05) is 32.1 Å². The van der Waals surface area contributed by atoms with E-state index in [2.05, 4.69) is 16.0 Å². The van der Waals surface area contributed by atoms with Crippen LogP contribution in [-0.4, -0.2) is 44.7 Å². The van der Waals surface area contributed by atoms with Gasteiger partial charge in [-0.2, -0.15) is 0 Å². The number of hydrogen-bond acceptors (Lipinski definition) is 4. The van der Waals surface area contributed by atoms with Crippen LogP contribution < -0.4 is 16.0 Å². The highest BCUT2D eigenvalue weighted by molar-refractivity contribution is 5.97. The lowest BCUT2D eigenvalue weighted by Crippen LogP contribution is -2.40. The van der Waals surface area contributed by atoms with Crippen LogP contribution in [0.5, 0.6) is 0 Å². The normalized spacial score (nSPS) is 18.4. The van der Waals surface area contributed by atoms with Gasteiger partial charge < -0.3 is 20.7 Å². The second-order valence-corrected chi connectivity index (χ2v) is 4.61. The van der Waals surface area contributed by atoms with Gasteiger partial charge in [-0.1, -0.05) is 6.07 Å². The smallest absolute Gasteiger partial charge is 0.251 e. The summed E-state index contributed by atoms with van der Waals surface area (Å²) in [6.07, 6.45) is 0.211. The third kappa shape index (κ3) is 4.04. The number of hydrogen-bond donors (Lipinski definition) is 3. The largest absolute Gasteiger partial charge is 0.375 e. The summed E-state index contributed by atoms with van der Waals surface area (Å²) in [6.45, 7) is 2.14. The minimum absolute atomic E-state index is 0.0918. The summed E-state index contributed by atoms with van der Waals surface area (Å²) in [4.78, 5) is 23.4. The van der Waals surface area contributed by atoms with E-state index in [0.717, 1.165) is 6.54 Å². The highest BCUT2D eigenvalue weighted by Crippen LogP contribution is 2.12. The van der Waals surface area contributed by atoms with Crippen molar-refractivity contribution in [1.82, 2.24) is 10.6 Å². The fourth-order valence-corrected chi connectivity index (χ4v) is 2.05. The van der Waals surface area contributed by atoms with Gasteiger partial charge in [-0.3, -0.25) is 9.59 Å². The molecule has 0 spiro atoms. The summed E-state index contributed by atoms with van der Waals surface area (Å²) in [6, 6.07) is 6.84. The Morgan fingerprint density at radius 2 is 2.30 bits per heavy atom. The van der Waals surface area contributed by atoms with E-state index in [1.807, 2.05) is 0 Å². The van der Waals surface area contributed by atoms with Gasteiger partial charge >= 0.3 is 0 Å². The van der Waals surface area contributed by atoms with Gasteiger partial charge in [0.05, 0.1) is 19.1 Å². The molecule has 1 aromatic carbocycles. The Balaban J connectivity index is 1.91. The van der Waals surface area contributed by atoms with E-state index in [0.29, 0.717) is 30.8 Å². The van der Waals surface area contributed by atoms with Crippen LogP contribution in [-0.2, 0) is 9.53 Å². The molecule has 1 saturated heterocycles. The topological polar surface area (TPSA) is 79.5 Å². The van der Waals surface area contributed by atoms with Crippen molar-refractivity contribution in [2.24, 2.45) is 0 Å². The lowest BCUT2D eigenvalue weighted by atomic mass is 10.1. The van der Waals surface area contributed by atoms with Crippen LogP contribution in [0.2, 0.25) is 0 Å². The molecule has 2 rings (SSSR count). The highest BCUT2D eigenvalue weighted by Gasteiger charge is 2.17. The summed E-state index contributed by atoms with van der Waals surface area (Å²) in [7, 11) is 1.57. The standard InChI is InChI=1S/C14H19N3O3/c1-15-14(19)10-3-2-4-11(7-10)17-13(18)8-12-9-16-5-6-20-12/h2-4,7,12,16H,5-6,8-9H2,1H3,(H,15,19)(H,17,18). The van der Waals surface area contributed by atoms with Crippen LogP contribution in [0.25, 0.3) is 0 Å². The van der Waals surface area contributed by atoms with Gasteiger partial charge in [-0.25, -0.2) is 0 Å². The molecule has 6 heteroatoms. The molecular formula is C14H19N3O3. The zero-order chi connectivity index (χ0) is 14.4. The zero-order valence-electron chi connectivity index (χ0n) is 11.4. The number of amides is 2. The summed E-state index contributed by atoms with van der Waals surface area (Å²) < 4.78 is 5.48. The van der Waals surface area contributed by atoms with Crippen LogP contribution in [0.15, 0.2) is 24.3 Å². The molecule has 108 valence electrons. The number of nitrogens with one attached hydrogen (secondary N) is 3. The van der Waals surface area contributed by atoms with Crippen molar-refractivity contribution in [1.29, 1.82) is 0 Å². The van der Waals surface area contributed by atoms with Crippen LogP contribution in [0.1, 0.15) is 16.8 Å². The van der Waals surface area contributed by atoms with Crippen molar-refractivity contribution in [2.45, 2.75) is 12.5 Å². The third-order valence-electron chi connectivity index (χ3n) is 3.05. The molecule has 1 fully saturated rings. The fourth-order valence-electron chi connectivity index (χ4n) is 2.05. The van der Waals surface area contributed by atoms with E-state index in [-0.39, 0.29) is 17.9 Å². The van der Waals surface area contributed by atoms with E-state index < -0.39 is 0 Å². The highest BCUT2D eigenvalue weighted by atomic mass is 16.5. The Hall–Kier alpha value is -1.92. The van der Waals surface area contributed by atoms with Crippen molar-refractivity contribution >= 4 is 17.5 Å². The molecule has 1 unspecified atom stereocenters. The van der Waals surface area contributed by atoms with Gasteiger partial charge in [0, 0.05) is 31.4 Å². The minimum Gasteiger partial charge on any atom is -0.375 e. The van der Waals surface area contributed by atoms with Gasteiger partial charge in [-0.15, -0.1) is 0 Å². The van der Waals surface area contributed by atoms with Gasteiger partial charge in [0.15, 0.2) is 0 Å². The van der Waals surface area contributed by atoms with E-state index in [9.17, 15) is 9.59 Å². The van der Waals surface area contributed by atoms with Gasteiger partial charge in [-0.05, 0) is 18.2 Å². The molecule has 1 heterocycles. The maximum atomic E-state index is 11.9. The lowest BCUT2D eigenvalue weighted by Gasteiger charge is -2.23. The molecule has 0 aromatic heterocycles. The molecule has 0 bridgehead atoms. The van der Waals surface area contributed by atoms with Crippen molar-refractivity contribution in [3.63, 3.8) is 0 Å². The van der Waals surface area contributed by atoms with Crippen LogP contribution in [0, 0.1) is 0 Å². The first-order chi connectivity index (χ1) is 9.69. The second-order valence-electron chi connectivity index (χ2n) is 4.61. The van der Waals surface area contributed by atoms with Crippen LogP contribution in [0.3, 0.4) is 0 Å². The number of carbonyl (C=O) groups excluding carboxylic acids is 2. The van der Waals surface area contributed by atoms with Crippen LogP contribution >= 0.6 is 0 Å². The van der Waals surface area contributed by atoms with Crippen molar-refractivity contribution in [3.05, 3.63) is 29.8 Å². The quantitative estimate of drug-likeness (QED) is 0.742. The van der Waals surface area contributed by atoms with E-state index in [4.69, 9.17) is 4.74 Å². The maximum absolute atomic E-state index is 11.9. The average Bonchev–Trinajstić information content (AvgIpc) is 2.47. The molecule has 0 radical (unpaired) electrons. The van der Waals surface area contributed by atoms with Crippen molar-refractivity contribution < 1.29 is 14.3 Å². The third-order valence-corrected chi connectivity index (χ3v) is 3.05. The summed E-state index contributed by atoms with van der Waals surface area (Å²) >= 11 is 0. The first-order valence-corrected chi connectivity index (χ1v) is 6.63. The monoisotopic (exact) mass is 277 g/mol. The fraction of sp³-hybridized carbons (Fsp3) is 0.429. The Bertz CT molecular complexity index is 484. The molecule has 1 aromatic rings. The second kappa shape index (κ2) is 7.02. The molecule has 0 saturated carbocycles. The number of morpholine rings is 1. The van der Waals surface area contributed by atoms with E-state index in [1.165, 1.54) is 0 Å². The Labute approximate surface area is 117 Å². The molecule has 6 nitrogen and oxygen atoms in total. The predicted octanol–water partition coefficient (Wildman–Crippen LogP) is 0.363. The molecule has 3 N–H and O–H groups in total. The maximum Gasteiger partial charge on any atom is 0.251 e. The first-order valence-electron chi connectivity index (χ1n) is 6.63. The number of carbonyl (C=O) groups is 2. The Morgan fingerprint density at radius 1 is 1.45 bits per heavy atom. The summed E-state index contributed by atoms with van der Waals surface area (Å²) in [5.74, 6) is -0.298. The van der Waals surface area contributed by atoms with Gasteiger partial charge in [0.2, 0.25) is 5.91 Å². The molecule has 20 heavy (non-hydrogen) atoms.